The summed E-state index contributed by atoms with van der Waals surface area (Å²) in [5.74, 6) is 1.65. The Morgan fingerprint density at radius 2 is 2.18 bits per heavy atom. The molecule has 1 atom stereocenters. The highest BCUT2D eigenvalue weighted by molar-refractivity contribution is 5.89. The van der Waals surface area contributed by atoms with E-state index in [9.17, 15) is 0 Å². The Labute approximate surface area is 100 Å². The molecule has 2 heterocycles. The summed E-state index contributed by atoms with van der Waals surface area (Å²) in [4.78, 5) is 11.0. The normalized spacial score (nSPS) is 20.1. The lowest BCUT2D eigenvalue weighted by atomic mass is 10.1. The highest BCUT2D eigenvalue weighted by atomic mass is 15.2. The number of hydrogen-bond donors (Lipinski definition) is 1. The quantitative estimate of drug-likeness (QED) is 0.844. The molecule has 1 aliphatic rings. The van der Waals surface area contributed by atoms with Crippen LogP contribution in [0, 0.1) is 5.92 Å². The van der Waals surface area contributed by atoms with Gasteiger partial charge in [0.25, 0.3) is 0 Å². The molecular weight excluding hydrogens is 212 g/mol. The van der Waals surface area contributed by atoms with Crippen molar-refractivity contribution in [1.82, 2.24) is 9.97 Å². The van der Waals surface area contributed by atoms with Gasteiger partial charge in [-0.25, -0.2) is 9.97 Å². The summed E-state index contributed by atoms with van der Waals surface area (Å²) in [6, 6.07) is 8.15. The maximum absolute atomic E-state index is 5.73. The number of benzene rings is 1. The lowest BCUT2D eigenvalue weighted by molar-refractivity contribution is 0.602. The Balaban J connectivity index is 2.00. The summed E-state index contributed by atoms with van der Waals surface area (Å²) in [7, 11) is 0. The van der Waals surface area contributed by atoms with Crippen LogP contribution in [0.15, 0.2) is 30.6 Å². The SMILES string of the molecule is NCC1CCN(c2ncnc3ccccc23)C1. The lowest BCUT2D eigenvalue weighted by Gasteiger charge is -2.18. The van der Waals surface area contributed by atoms with E-state index in [0.29, 0.717) is 5.92 Å². The predicted molar refractivity (Wildman–Crippen MR) is 68.9 cm³/mol. The topological polar surface area (TPSA) is 55.0 Å². The first-order chi connectivity index (χ1) is 8.38. The zero-order valence-electron chi connectivity index (χ0n) is 9.71. The minimum Gasteiger partial charge on any atom is -0.356 e. The molecule has 3 rings (SSSR count). The van der Waals surface area contributed by atoms with Gasteiger partial charge in [0, 0.05) is 18.5 Å². The Morgan fingerprint density at radius 3 is 3.00 bits per heavy atom. The van der Waals surface area contributed by atoms with E-state index in [-0.39, 0.29) is 0 Å². The van der Waals surface area contributed by atoms with Gasteiger partial charge in [-0.15, -0.1) is 0 Å². The number of nitrogens with two attached hydrogens (primary N) is 1. The molecule has 0 saturated carbocycles. The van der Waals surface area contributed by atoms with Gasteiger partial charge in [0.15, 0.2) is 0 Å². The molecule has 0 bridgehead atoms. The molecule has 0 amide bonds. The van der Waals surface area contributed by atoms with Crippen LogP contribution in [0.2, 0.25) is 0 Å². The largest absolute Gasteiger partial charge is 0.356 e. The van der Waals surface area contributed by atoms with Gasteiger partial charge in [-0.05, 0) is 31.0 Å². The van der Waals surface area contributed by atoms with Gasteiger partial charge in [-0.1, -0.05) is 12.1 Å². The Bertz CT molecular complexity index is 520. The van der Waals surface area contributed by atoms with Gasteiger partial charge < -0.3 is 10.6 Å². The second-order valence-electron chi connectivity index (χ2n) is 4.55. The van der Waals surface area contributed by atoms with Crippen LogP contribution in [-0.2, 0) is 0 Å². The molecule has 1 saturated heterocycles. The monoisotopic (exact) mass is 228 g/mol. The van der Waals surface area contributed by atoms with Crippen LogP contribution >= 0.6 is 0 Å². The van der Waals surface area contributed by atoms with Gasteiger partial charge in [0.1, 0.15) is 12.1 Å². The third-order valence-electron chi connectivity index (χ3n) is 3.44. The first-order valence-corrected chi connectivity index (χ1v) is 6.03. The fourth-order valence-electron chi connectivity index (χ4n) is 2.46. The molecule has 4 heteroatoms. The third-order valence-corrected chi connectivity index (χ3v) is 3.44. The number of aromatic nitrogens is 2. The van der Waals surface area contributed by atoms with Crippen molar-refractivity contribution < 1.29 is 0 Å². The number of para-hydroxylation sites is 1. The molecule has 1 aromatic carbocycles. The minimum absolute atomic E-state index is 0.601. The summed E-state index contributed by atoms with van der Waals surface area (Å²) in [6.45, 7) is 2.82. The van der Waals surface area contributed by atoms with Crippen LogP contribution in [0.5, 0.6) is 0 Å². The first-order valence-electron chi connectivity index (χ1n) is 6.03. The maximum Gasteiger partial charge on any atom is 0.139 e. The minimum atomic E-state index is 0.601. The molecule has 88 valence electrons. The number of hydrogen-bond acceptors (Lipinski definition) is 4. The average Bonchev–Trinajstić information content (AvgIpc) is 2.87. The molecule has 1 aliphatic heterocycles. The number of rotatable bonds is 2. The van der Waals surface area contributed by atoms with Crippen molar-refractivity contribution in [2.45, 2.75) is 6.42 Å². The average molecular weight is 228 g/mol. The molecule has 0 spiro atoms. The second kappa shape index (κ2) is 4.30. The molecular formula is C13H16N4. The Morgan fingerprint density at radius 1 is 1.29 bits per heavy atom. The zero-order valence-corrected chi connectivity index (χ0v) is 9.71. The maximum atomic E-state index is 5.73. The highest BCUT2D eigenvalue weighted by Crippen LogP contribution is 2.27. The molecule has 17 heavy (non-hydrogen) atoms. The van der Waals surface area contributed by atoms with Crippen LogP contribution < -0.4 is 10.6 Å². The van der Waals surface area contributed by atoms with Crippen molar-refractivity contribution in [1.29, 1.82) is 0 Å². The van der Waals surface area contributed by atoms with Crippen LogP contribution in [0.3, 0.4) is 0 Å². The van der Waals surface area contributed by atoms with Crippen molar-refractivity contribution >= 4 is 16.7 Å². The van der Waals surface area contributed by atoms with E-state index in [1.807, 2.05) is 18.2 Å². The molecule has 0 aliphatic carbocycles. The van der Waals surface area contributed by atoms with Crippen LogP contribution in [-0.4, -0.2) is 29.6 Å². The highest BCUT2D eigenvalue weighted by Gasteiger charge is 2.23. The molecule has 1 aromatic heterocycles. The first kappa shape index (κ1) is 10.5. The van der Waals surface area contributed by atoms with Gasteiger partial charge in [-0.2, -0.15) is 0 Å². The van der Waals surface area contributed by atoms with Gasteiger partial charge >= 0.3 is 0 Å². The van der Waals surface area contributed by atoms with Crippen molar-refractivity contribution in [2.24, 2.45) is 11.7 Å². The fourth-order valence-corrected chi connectivity index (χ4v) is 2.46. The third kappa shape index (κ3) is 1.85. The van der Waals surface area contributed by atoms with E-state index < -0.39 is 0 Å². The van der Waals surface area contributed by atoms with Crippen LogP contribution in [0.25, 0.3) is 10.9 Å². The number of nitrogens with zero attached hydrogens (tertiary/aromatic N) is 3. The summed E-state index contributed by atoms with van der Waals surface area (Å²) in [6.07, 6.45) is 2.81. The summed E-state index contributed by atoms with van der Waals surface area (Å²) >= 11 is 0. The van der Waals surface area contributed by atoms with Crippen LogP contribution in [0.4, 0.5) is 5.82 Å². The van der Waals surface area contributed by atoms with E-state index in [4.69, 9.17) is 5.73 Å². The Kier molecular flexibility index (Phi) is 2.65. The van der Waals surface area contributed by atoms with Gasteiger partial charge in [0.2, 0.25) is 0 Å². The van der Waals surface area contributed by atoms with Crippen molar-refractivity contribution in [3.05, 3.63) is 30.6 Å². The van der Waals surface area contributed by atoms with E-state index in [1.165, 1.54) is 0 Å². The predicted octanol–water partition coefficient (Wildman–Crippen LogP) is 1.41. The van der Waals surface area contributed by atoms with E-state index in [2.05, 4.69) is 20.9 Å². The molecule has 1 unspecified atom stereocenters. The molecule has 2 aromatic rings. The molecule has 4 nitrogen and oxygen atoms in total. The van der Waals surface area contributed by atoms with E-state index in [1.54, 1.807) is 6.33 Å². The van der Waals surface area contributed by atoms with Crippen molar-refractivity contribution in [3.8, 4) is 0 Å². The van der Waals surface area contributed by atoms with E-state index >= 15 is 0 Å². The Hall–Kier alpha value is -1.68. The van der Waals surface area contributed by atoms with Crippen molar-refractivity contribution in [3.63, 3.8) is 0 Å². The molecule has 2 N–H and O–H groups in total. The van der Waals surface area contributed by atoms with Gasteiger partial charge in [-0.3, -0.25) is 0 Å². The van der Waals surface area contributed by atoms with Gasteiger partial charge in [0.05, 0.1) is 5.52 Å². The number of fused-ring (bicyclic) bond motifs is 1. The summed E-state index contributed by atoms with van der Waals surface area (Å²) < 4.78 is 0. The summed E-state index contributed by atoms with van der Waals surface area (Å²) in [5.41, 5.74) is 6.74. The van der Waals surface area contributed by atoms with E-state index in [0.717, 1.165) is 42.8 Å². The second-order valence-corrected chi connectivity index (χ2v) is 4.55. The fraction of sp³-hybridized carbons (Fsp3) is 0.385. The summed E-state index contributed by atoms with van der Waals surface area (Å²) in [5, 5.41) is 1.13. The lowest BCUT2D eigenvalue weighted by Crippen LogP contribution is -2.23. The molecule has 1 fully saturated rings. The van der Waals surface area contributed by atoms with Crippen LogP contribution in [0.1, 0.15) is 6.42 Å². The standard InChI is InChI=1S/C13H16N4/c14-7-10-5-6-17(8-10)13-11-3-1-2-4-12(11)15-9-16-13/h1-4,9-10H,5-8,14H2. The molecule has 0 radical (unpaired) electrons. The zero-order chi connectivity index (χ0) is 11.7. The number of anilines is 1. The smallest absolute Gasteiger partial charge is 0.139 e. The van der Waals surface area contributed by atoms with Crippen molar-refractivity contribution in [2.75, 3.05) is 24.5 Å².